The summed E-state index contributed by atoms with van der Waals surface area (Å²) in [5.41, 5.74) is 0. The zero-order valence-electron chi connectivity index (χ0n) is 8.39. The molecule has 1 N–H and O–H groups in total. The number of nitrogens with one attached hydrogen (secondary N) is 1. The van der Waals surface area contributed by atoms with Crippen molar-refractivity contribution in [3.05, 3.63) is 0 Å². The van der Waals surface area contributed by atoms with Crippen LogP contribution in [-0.4, -0.2) is 25.7 Å². The van der Waals surface area contributed by atoms with Crippen molar-refractivity contribution in [2.45, 2.75) is 33.2 Å². The lowest BCUT2D eigenvalue weighted by atomic mass is 10.2. The van der Waals surface area contributed by atoms with E-state index >= 15 is 0 Å². The van der Waals surface area contributed by atoms with E-state index in [1.807, 2.05) is 20.8 Å². The van der Waals surface area contributed by atoms with Crippen LogP contribution in [0.3, 0.4) is 0 Å². The lowest BCUT2D eigenvalue weighted by Crippen LogP contribution is -2.36. The molecule has 0 bridgehead atoms. The van der Waals surface area contributed by atoms with Gasteiger partial charge in [-0.15, -0.1) is 0 Å². The molecule has 0 radical (unpaired) electrons. The molecule has 72 valence electrons. The van der Waals surface area contributed by atoms with Crippen molar-refractivity contribution in [2.24, 2.45) is 5.92 Å². The maximum absolute atomic E-state index is 11.2. The molecule has 0 aromatic rings. The molecule has 0 spiro atoms. The zero-order valence-corrected chi connectivity index (χ0v) is 8.39. The van der Waals surface area contributed by atoms with Crippen LogP contribution in [0.4, 0.5) is 0 Å². The summed E-state index contributed by atoms with van der Waals surface area (Å²) in [6.45, 7) is 6.45. The quantitative estimate of drug-likeness (QED) is 0.678. The Balaban J connectivity index is 3.54. The summed E-state index contributed by atoms with van der Waals surface area (Å²) < 4.78 is 4.90. The highest BCUT2D eigenvalue weighted by Gasteiger charge is 2.09. The van der Waals surface area contributed by atoms with E-state index in [1.165, 1.54) is 0 Å². The van der Waals surface area contributed by atoms with Crippen LogP contribution in [-0.2, 0) is 9.53 Å². The van der Waals surface area contributed by atoms with Crippen molar-refractivity contribution in [2.75, 3.05) is 13.7 Å². The minimum Gasteiger partial charge on any atom is -0.385 e. The largest absolute Gasteiger partial charge is 0.385 e. The molecule has 3 nitrogen and oxygen atoms in total. The van der Waals surface area contributed by atoms with Gasteiger partial charge in [-0.3, -0.25) is 4.79 Å². The fourth-order valence-electron chi connectivity index (χ4n) is 0.776. The third-order valence-electron chi connectivity index (χ3n) is 1.67. The molecule has 1 atom stereocenters. The molecule has 0 heterocycles. The van der Waals surface area contributed by atoms with Gasteiger partial charge in [-0.25, -0.2) is 0 Å². The molecular weight excluding hydrogens is 154 g/mol. The number of hydrogen-bond acceptors (Lipinski definition) is 2. The van der Waals surface area contributed by atoms with E-state index in [0.717, 1.165) is 6.42 Å². The van der Waals surface area contributed by atoms with Crippen LogP contribution < -0.4 is 5.32 Å². The molecule has 1 unspecified atom stereocenters. The first-order chi connectivity index (χ1) is 5.57. The highest BCUT2D eigenvalue weighted by molar-refractivity contribution is 5.78. The average Bonchev–Trinajstić information content (AvgIpc) is 2.00. The van der Waals surface area contributed by atoms with Crippen LogP contribution >= 0.6 is 0 Å². The summed E-state index contributed by atoms with van der Waals surface area (Å²) in [6, 6.07) is 0.208. The molecule has 1 amide bonds. The molecule has 0 saturated heterocycles. The Labute approximate surface area is 74.5 Å². The standard InChI is InChI=1S/C9H19NO2/c1-7(2)9(11)10-8(3)5-6-12-4/h7-8H,5-6H2,1-4H3,(H,10,11). The molecule has 0 saturated carbocycles. The first-order valence-corrected chi connectivity index (χ1v) is 4.37. The van der Waals surface area contributed by atoms with E-state index in [1.54, 1.807) is 7.11 Å². The number of methoxy groups -OCH3 is 1. The van der Waals surface area contributed by atoms with Crippen LogP contribution in [0, 0.1) is 5.92 Å². The fraction of sp³-hybridized carbons (Fsp3) is 0.889. The van der Waals surface area contributed by atoms with E-state index in [-0.39, 0.29) is 17.9 Å². The van der Waals surface area contributed by atoms with E-state index in [2.05, 4.69) is 5.32 Å². The van der Waals surface area contributed by atoms with Crippen LogP contribution in [0.1, 0.15) is 27.2 Å². The summed E-state index contributed by atoms with van der Waals surface area (Å²) in [4.78, 5) is 11.2. The van der Waals surface area contributed by atoms with E-state index in [0.29, 0.717) is 6.61 Å². The number of carbonyl (C=O) groups excluding carboxylic acids is 1. The average molecular weight is 173 g/mol. The molecule has 3 heteroatoms. The van der Waals surface area contributed by atoms with Gasteiger partial charge in [0, 0.05) is 25.7 Å². The van der Waals surface area contributed by atoms with Crippen LogP contribution in [0.25, 0.3) is 0 Å². The first-order valence-electron chi connectivity index (χ1n) is 4.37. The minimum atomic E-state index is 0.0648. The van der Waals surface area contributed by atoms with Crippen LogP contribution in [0.15, 0.2) is 0 Å². The van der Waals surface area contributed by atoms with Crippen molar-refractivity contribution < 1.29 is 9.53 Å². The van der Waals surface area contributed by atoms with Crippen LogP contribution in [0.5, 0.6) is 0 Å². The molecule has 0 fully saturated rings. The maximum atomic E-state index is 11.2. The highest BCUT2D eigenvalue weighted by atomic mass is 16.5. The summed E-state index contributed by atoms with van der Waals surface area (Å²) in [5.74, 6) is 0.175. The van der Waals surface area contributed by atoms with E-state index in [9.17, 15) is 4.79 Å². The monoisotopic (exact) mass is 173 g/mol. The number of carbonyl (C=O) groups is 1. The Hall–Kier alpha value is -0.570. The molecule has 0 aliphatic rings. The lowest BCUT2D eigenvalue weighted by Gasteiger charge is -2.14. The second-order valence-electron chi connectivity index (χ2n) is 3.35. The van der Waals surface area contributed by atoms with E-state index in [4.69, 9.17) is 4.74 Å². The first kappa shape index (κ1) is 11.4. The van der Waals surface area contributed by atoms with Gasteiger partial charge < -0.3 is 10.1 Å². The zero-order chi connectivity index (χ0) is 9.56. The summed E-state index contributed by atoms with van der Waals surface area (Å²) in [5, 5.41) is 2.90. The van der Waals surface area contributed by atoms with Gasteiger partial charge >= 0.3 is 0 Å². The minimum absolute atomic E-state index is 0.0648. The molecular formula is C9H19NO2. The van der Waals surface area contributed by atoms with Gasteiger partial charge in [0.25, 0.3) is 0 Å². The fourth-order valence-corrected chi connectivity index (χ4v) is 0.776. The predicted molar refractivity (Wildman–Crippen MR) is 48.9 cm³/mol. The third kappa shape index (κ3) is 5.13. The van der Waals surface area contributed by atoms with E-state index < -0.39 is 0 Å². The predicted octanol–water partition coefficient (Wildman–Crippen LogP) is 1.18. The van der Waals surface area contributed by atoms with Crippen molar-refractivity contribution in [3.8, 4) is 0 Å². The van der Waals surface area contributed by atoms with Gasteiger partial charge in [-0.05, 0) is 13.3 Å². The van der Waals surface area contributed by atoms with Gasteiger partial charge in [-0.2, -0.15) is 0 Å². The van der Waals surface area contributed by atoms with Crippen molar-refractivity contribution >= 4 is 5.91 Å². The second kappa shape index (κ2) is 6.00. The Bertz CT molecular complexity index is 134. The van der Waals surface area contributed by atoms with Gasteiger partial charge in [0.2, 0.25) is 5.91 Å². The molecule has 0 aliphatic carbocycles. The lowest BCUT2D eigenvalue weighted by molar-refractivity contribution is -0.124. The smallest absolute Gasteiger partial charge is 0.222 e. The molecule has 0 aromatic carbocycles. The Kier molecular flexibility index (Phi) is 5.72. The van der Waals surface area contributed by atoms with Gasteiger partial charge in [0.1, 0.15) is 0 Å². The van der Waals surface area contributed by atoms with Crippen LogP contribution in [0.2, 0.25) is 0 Å². The number of ether oxygens (including phenoxy) is 1. The van der Waals surface area contributed by atoms with Crippen molar-refractivity contribution in [1.29, 1.82) is 0 Å². The summed E-state index contributed by atoms with van der Waals surface area (Å²) >= 11 is 0. The Morgan fingerprint density at radius 3 is 2.42 bits per heavy atom. The summed E-state index contributed by atoms with van der Waals surface area (Å²) in [6.07, 6.45) is 0.870. The maximum Gasteiger partial charge on any atom is 0.222 e. The number of amides is 1. The second-order valence-corrected chi connectivity index (χ2v) is 3.35. The normalized spacial score (nSPS) is 13.1. The molecule has 0 rings (SSSR count). The van der Waals surface area contributed by atoms with Crippen molar-refractivity contribution in [1.82, 2.24) is 5.32 Å². The highest BCUT2D eigenvalue weighted by Crippen LogP contribution is 1.95. The molecule has 0 aliphatic heterocycles. The SMILES string of the molecule is COCCC(C)NC(=O)C(C)C. The number of rotatable bonds is 5. The summed E-state index contributed by atoms with van der Waals surface area (Å²) in [7, 11) is 1.66. The molecule has 0 aromatic heterocycles. The van der Waals surface area contributed by atoms with Gasteiger partial charge in [0.05, 0.1) is 0 Å². The number of hydrogen-bond donors (Lipinski definition) is 1. The third-order valence-corrected chi connectivity index (χ3v) is 1.67. The topological polar surface area (TPSA) is 38.3 Å². The van der Waals surface area contributed by atoms with Gasteiger partial charge in [-0.1, -0.05) is 13.8 Å². The Morgan fingerprint density at radius 1 is 1.42 bits per heavy atom. The van der Waals surface area contributed by atoms with Crippen molar-refractivity contribution in [3.63, 3.8) is 0 Å². The van der Waals surface area contributed by atoms with Gasteiger partial charge in [0.15, 0.2) is 0 Å². The Morgan fingerprint density at radius 2 is 2.00 bits per heavy atom. The molecule has 12 heavy (non-hydrogen) atoms.